The molecular weight excluding hydrogens is 362 g/mol. The first-order chi connectivity index (χ1) is 11.6. The third-order valence-corrected chi connectivity index (χ3v) is 5.44. The molecular formula is C18H14ClNO2S2. The zero-order valence-corrected chi connectivity index (χ0v) is 15.3. The van der Waals surface area contributed by atoms with Crippen molar-refractivity contribution < 1.29 is 9.59 Å². The Bertz CT molecular complexity index is 801. The summed E-state index contributed by atoms with van der Waals surface area (Å²) in [7, 11) is 0. The van der Waals surface area contributed by atoms with Crippen molar-refractivity contribution >= 4 is 52.3 Å². The Balaban J connectivity index is 1.77. The van der Waals surface area contributed by atoms with Crippen molar-refractivity contribution in [2.24, 2.45) is 0 Å². The van der Waals surface area contributed by atoms with Crippen molar-refractivity contribution in [2.75, 3.05) is 6.26 Å². The Morgan fingerprint density at radius 1 is 1.08 bits per heavy atom. The van der Waals surface area contributed by atoms with Gasteiger partial charge in [0.25, 0.3) is 11.1 Å². The SMILES string of the molecule is CSc1ccc(/C=C2\SC(=O)N(Cc3ccc(Cl)cc3)C2=O)cc1. The standard InChI is InChI=1S/C18H14ClNO2S2/c1-23-15-8-4-12(5-9-15)10-16-17(21)20(18(22)24-16)11-13-2-6-14(19)7-3-13/h2-10H,11H2,1H3/b16-10-. The number of rotatable bonds is 4. The summed E-state index contributed by atoms with van der Waals surface area (Å²) < 4.78 is 0. The van der Waals surface area contributed by atoms with Crippen molar-refractivity contribution in [1.29, 1.82) is 0 Å². The molecule has 1 aliphatic heterocycles. The molecule has 0 saturated carbocycles. The van der Waals surface area contributed by atoms with Crippen LogP contribution in [0.1, 0.15) is 11.1 Å². The van der Waals surface area contributed by atoms with Gasteiger partial charge < -0.3 is 0 Å². The smallest absolute Gasteiger partial charge is 0.268 e. The Hall–Kier alpha value is -1.69. The number of imide groups is 1. The molecule has 0 unspecified atom stereocenters. The first-order valence-corrected chi connectivity index (χ1v) is 9.62. The number of carbonyl (C=O) groups excluding carboxylic acids is 2. The van der Waals surface area contributed by atoms with Crippen LogP contribution in [0.25, 0.3) is 6.08 Å². The molecule has 122 valence electrons. The van der Waals surface area contributed by atoms with Crippen LogP contribution in [-0.4, -0.2) is 22.3 Å². The predicted octanol–water partition coefficient (Wildman–Crippen LogP) is 5.30. The fourth-order valence-corrected chi connectivity index (χ4v) is 3.63. The maximum Gasteiger partial charge on any atom is 0.293 e. The highest BCUT2D eigenvalue weighted by Crippen LogP contribution is 2.33. The lowest BCUT2D eigenvalue weighted by Crippen LogP contribution is -2.27. The van der Waals surface area contributed by atoms with Crippen LogP contribution in [0.2, 0.25) is 5.02 Å². The number of halogens is 1. The molecule has 0 N–H and O–H groups in total. The summed E-state index contributed by atoms with van der Waals surface area (Å²) in [5, 5.41) is 0.378. The van der Waals surface area contributed by atoms with Gasteiger partial charge in [-0.1, -0.05) is 35.9 Å². The molecule has 0 aliphatic carbocycles. The van der Waals surface area contributed by atoms with Gasteiger partial charge in [0.1, 0.15) is 0 Å². The maximum absolute atomic E-state index is 12.5. The predicted molar refractivity (Wildman–Crippen MR) is 101 cm³/mol. The lowest BCUT2D eigenvalue weighted by molar-refractivity contribution is -0.123. The number of thioether (sulfide) groups is 2. The van der Waals surface area contributed by atoms with Gasteiger partial charge >= 0.3 is 0 Å². The molecule has 1 saturated heterocycles. The van der Waals surface area contributed by atoms with E-state index in [1.807, 2.05) is 42.7 Å². The second-order valence-electron chi connectivity index (χ2n) is 5.17. The Morgan fingerprint density at radius 3 is 2.38 bits per heavy atom. The number of nitrogens with zero attached hydrogens (tertiary/aromatic N) is 1. The highest BCUT2D eigenvalue weighted by molar-refractivity contribution is 8.18. The highest BCUT2D eigenvalue weighted by Gasteiger charge is 2.34. The largest absolute Gasteiger partial charge is 0.293 e. The summed E-state index contributed by atoms with van der Waals surface area (Å²) in [6.45, 7) is 0.255. The molecule has 0 spiro atoms. The minimum Gasteiger partial charge on any atom is -0.268 e. The van der Waals surface area contributed by atoms with Gasteiger partial charge in [-0.05, 0) is 59.5 Å². The van der Waals surface area contributed by atoms with E-state index in [2.05, 4.69) is 0 Å². The molecule has 1 fully saturated rings. The average molecular weight is 376 g/mol. The molecule has 0 bridgehead atoms. The zero-order valence-electron chi connectivity index (χ0n) is 12.9. The summed E-state index contributed by atoms with van der Waals surface area (Å²) in [6.07, 6.45) is 3.77. The van der Waals surface area contributed by atoms with Gasteiger partial charge in [-0.3, -0.25) is 14.5 Å². The van der Waals surface area contributed by atoms with Gasteiger partial charge in [-0.2, -0.15) is 0 Å². The maximum atomic E-state index is 12.5. The molecule has 24 heavy (non-hydrogen) atoms. The summed E-state index contributed by atoms with van der Waals surface area (Å²) >= 11 is 8.49. The molecule has 3 rings (SSSR count). The number of carbonyl (C=O) groups is 2. The lowest BCUT2D eigenvalue weighted by atomic mass is 10.2. The van der Waals surface area contributed by atoms with E-state index >= 15 is 0 Å². The topological polar surface area (TPSA) is 37.4 Å². The van der Waals surface area contributed by atoms with Crippen LogP contribution < -0.4 is 0 Å². The van der Waals surface area contributed by atoms with Gasteiger partial charge in [0.2, 0.25) is 0 Å². The molecule has 0 aromatic heterocycles. The zero-order chi connectivity index (χ0) is 17.1. The fourth-order valence-electron chi connectivity index (χ4n) is 2.26. The highest BCUT2D eigenvalue weighted by atomic mass is 35.5. The first kappa shape index (κ1) is 17.1. The Kier molecular flexibility index (Phi) is 5.33. The quantitative estimate of drug-likeness (QED) is 0.537. The Labute approximate surface area is 154 Å². The Morgan fingerprint density at radius 2 is 1.75 bits per heavy atom. The number of hydrogen-bond donors (Lipinski definition) is 0. The van der Waals surface area contributed by atoms with E-state index in [1.165, 1.54) is 4.90 Å². The first-order valence-electron chi connectivity index (χ1n) is 7.20. The third-order valence-electron chi connectivity index (χ3n) is 3.54. The van der Waals surface area contributed by atoms with E-state index in [4.69, 9.17) is 11.6 Å². The molecule has 3 nitrogen and oxygen atoms in total. The van der Waals surface area contributed by atoms with Crippen LogP contribution in [0.15, 0.2) is 58.3 Å². The summed E-state index contributed by atoms with van der Waals surface area (Å²) in [4.78, 5) is 27.5. The van der Waals surface area contributed by atoms with Gasteiger partial charge in [0.05, 0.1) is 11.4 Å². The molecule has 0 atom stereocenters. The van der Waals surface area contributed by atoms with Crippen molar-refractivity contribution in [3.05, 3.63) is 69.6 Å². The second kappa shape index (κ2) is 7.47. The van der Waals surface area contributed by atoms with Crippen molar-refractivity contribution in [3.63, 3.8) is 0 Å². The second-order valence-corrected chi connectivity index (χ2v) is 7.48. The average Bonchev–Trinajstić information content (AvgIpc) is 2.85. The van der Waals surface area contributed by atoms with Gasteiger partial charge in [-0.25, -0.2) is 0 Å². The van der Waals surface area contributed by atoms with Gasteiger partial charge in [-0.15, -0.1) is 11.8 Å². The summed E-state index contributed by atoms with van der Waals surface area (Å²) in [6, 6.07) is 15.0. The van der Waals surface area contributed by atoms with Crippen molar-refractivity contribution in [1.82, 2.24) is 4.90 Å². The van der Waals surface area contributed by atoms with Crippen LogP contribution in [0.5, 0.6) is 0 Å². The van der Waals surface area contributed by atoms with E-state index in [9.17, 15) is 9.59 Å². The van der Waals surface area contributed by atoms with Crippen LogP contribution in [0.4, 0.5) is 4.79 Å². The van der Waals surface area contributed by atoms with E-state index < -0.39 is 0 Å². The van der Waals surface area contributed by atoms with Crippen molar-refractivity contribution in [3.8, 4) is 0 Å². The molecule has 0 radical (unpaired) electrons. The lowest BCUT2D eigenvalue weighted by Gasteiger charge is -2.12. The minimum atomic E-state index is -0.256. The fraction of sp³-hybridized carbons (Fsp3) is 0.111. The monoisotopic (exact) mass is 375 g/mol. The van der Waals surface area contributed by atoms with E-state index in [1.54, 1.807) is 30.0 Å². The molecule has 2 aromatic rings. The van der Waals surface area contributed by atoms with Gasteiger partial charge in [0, 0.05) is 9.92 Å². The molecule has 2 amide bonds. The minimum absolute atomic E-state index is 0.248. The molecule has 6 heteroatoms. The number of benzene rings is 2. The van der Waals surface area contributed by atoms with Gasteiger partial charge in [0.15, 0.2) is 0 Å². The number of amides is 2. The molecule has 1 heterocycles. The molecule has 1 aliphatic rings. The summed E-state index contributed by atoms with van der Waals surface area (Å²) in [5.41, 5.74) is 1.78. The number of hydrogen-bond acceptors (Lipinski definition) is 4. The third kappa shape index (κ3) is 3.86. The summed E-state index contributed by atoms with van der Waals surface area (Å²) in [5.74, 6) is -0.256. The van der Waals surface area contributed by atoms with E-state index in [-0.39, 0.29) is 17.7 Å². The van der Waals surface area contributed by atoms with Crippen LogP contribution in [0, 0.1) is 0 Å². The normalized spacial score (nSPS) is 16.2. The van der Waals surface area contributed by atoms with E-state index in [0.29, 0.717) is 9.93 Å². The van der Waals surface area contributed by atoms with Crippen LogP contribution in [-0.2, 0) is 11.3 Å². The molecule has 2 aromatic carbocycles. The van der Waals surface area contributed by atoms with Crippen LogP contribution >= 0.6 is 35.1 Å². The van der Waals surface area contributed by atoms with Crippen LogP contribution in [0.3, 0.4) is 0 Å². The van der Waals surface area contributed by atoms with Crippen molar-refractivity contribution in [2.45, 2.75) is 11.4 Å². The van der Waals surface area contributed by atoms with E-state index in [0.717, 1.165) is 27.8 Å².